The van der Waals surface area contributed by atoms with E-state index in [0.717, 1.165) is 15.0 Å². The number of hydrogen-bond acceptors (Lipinski definition) is 4. The van der Waals surface area contributed by atoms with Crippen molar-refractivity contribution in [3.8, 4) is 0 Å². The number of thiophene rings is 1. The molecule has 3 rings (SSSR count). The lowest BCUT2D eigenvalue weighted by Gasteiger charge is -2.01. The summed E-state index contributed by atoms with van der Waals surface area (Å²) in [5, 5.41) is 1.50. The van der Waals surface area contributed by atoms with Gasteiger partial charge in [-0.25, -0.2) is 9.18 Å². The van der Waals surface area contributed by atoms with Crippen LogP contribution in [-0.4, -0.2) is 18.4 Å². The van der Waals surface area contributed by atoms with Gasteiger partial charge in [0.05, 0.1) is 5.02 Å². The van der Waals surface area contributed by atoms with Crippen LogP contribution in [0.1, 0.15) is 15.2 Å². The van der Waals surface area contributed by atoms with Gasteiger partial charge in [-0.2, -0.15) is 0 Å². The van der Waals surface area contributed by atoms with Crippen molar-refractivity contribution in [3.05, 3.63) is 75.9 Å². The quantitative estimate of drug-likeness (QED) is 0.353. The molecule has 0 atom stereocenters. The van der Waals surface area contributed by atoms with E-state index in [-0.39, 0.29) is 5.56 Å². The van der Waals surface area contributed by atoms with Crippen LogP contribution in [0, 0.1) is 5.82 Å². The highest BCUT2D eigenvalue weighted by Gasteiger charge is 2.10. The fourth-order valence-corrected chi connectivity index (χ4v) is 3.59. The number of esters is 1. The summed E-state index contributed by atoms with van der Waals surface area (Å²) in [6.07, 6.45) is 2.80. The highest BCUT2D eigenvalue weighted by Crippen LogP contribution is 2.35. The Morgan fingerprint density at radius 1 is 1.12 bits per heavy atom. The van der Waals surface area contributed by atoms with Crippen LogP contribution in [0.15, 0.2) is 54.6 Å². The van der Waals surface area contributed by atoms with Crippen molar-refractivity contribution in [2.45, 2.75) is 0 Å². The van der Waals surface area contributed by atoms with Crippen molar-refractivity contribution < 1.29 is 18.7 Å². The Hall–Kier alpha value is -2.50. The van der Waals surface area contributed by atoms with Crippen LogP contribution in [0.3, 0.4) is 0 Å². The van der Waals surface area contributed by atoms with E-state index in [1.807, 2.05) is 24.3 Å². The molecule has 6 heteroatoms. The lowest BCUT2D eigenvalue weighted by atomic mass is 10.1. The lowest BCUT2D eigenvalue weighted by Crippen LogP contribution is -2.12. The molecule has 0 amide bonds. The molecule has 0 unspecified atom stereocenters. The second kappa shape index (κ2) is 7.59. The summed E-state index contributed by atoms with van der Waals surface area (Å²) in [4.78, 5) is 24.4. The zero-order chi connectivity index (χ0) is 17.8. The molecular weight excluding hydrogens is 363 g/mol. The van der Waals surface area contributed by atoms with E-state index in [0.29, 0.717) is 5.02 Å². The molecule has 126 valence electrons. The Labute approximate surface area is 152 Å². The van der Waals surface area contributed by atoms with Crippen molar-refractivity contribution in [2.75, 3.05) is 6.61 Å². The van der Waals surface area contributed by atoms with Gasteiger partial charge < -0.3 is 4.74 Å². The minimum Gasteiger partial charge on any atom is -0.454 e. The number of benzene rings is 2. The van der Waals surface area contributed by atoms with Gasteiger partial charge in [0.1, 0.15) is 5.82 Å². The number of hydrogen-bond donors (Lipinski definition) is 0. The van der Waals surface area contributed by atoms with Gasteiger partial charge in [-0.1, -0.05) is 29.8 Å². The number of Topliss-reactive ketones (excluding diaryl/α,β-unsaturated/α-hetero) is 1. The molecule has 0 aliphatic carbocycles. The summed E-state index contributed by atoms with van der Waals surface area (Å²) in [6.45, 7) is -0.408. The van der Waals surface area contributed by atoms with E-state index >= 15 is 0 Å². The third kappa shape index (κ3) is 4.13. The monoisotopic (exact) mass is 374 g/mol. The number of halogens is 2. The maximum atomic E-state index is 12.8. The normalized spacial score (nSPS) is 11.1. The Kier molecular flexibility index (Phi) is 5.26. The van der Waals surface area contributed by atoms with Crippen molar-refractivity contribution in [2.24, 2.45) is 0 Å². The van der Waals surface area contributed by atoms with E-state index in [9.17, 15) is 14.0 Å². The first kappa shape index (κ1) is 17.3. The molecule has 0 saturated carbocycles. The molecule has 1 aromatic heterocycles. The minimum atomic E-state index is -0.649. The van der Waals surface area contributed by atoms with E-state index < -0.39 is 24.2 Å². The van der Waals surface area contributed by atoms with Gasteiger partial charge in [-0.3, -0.25) is 4.79 Å². The molecular formula is C19H12ClFO3S. The molecule has 0 bridgehead atoms. The molecule has 0 aliphatic heterocycles. The largest absolute Gasteiger partial charge is 0.454 e. The molecule has 2 aromatic carbocycles. The molecule has 3 nitrogen and oxygen atoms in total. The number of ether oxygens (including phenoxy) is 1. The zero-order valence-electron chi connectivity index (χ0n) is 12.9. The SMILES string of the molecule is O=C(/C=C/c1sc2ccccc2c1Cl)OCC(=O)c1ccc(F)cc1. The summed E-state index contributed by atoms with van der Waals surface area (Å²) in [7, 11) is 0. The maximum absolute atomic E-state index is 12.8. The summed E-state index contributed by atoms with van der Waals surface area (Å²) < 4.78 is 18.8. The van der Waals surface area contributed by atoms with Crippen LogP contribution in [-0.2, 0) is 9.53 Å². The van der Waals surface area contributed by atoms with Crippen LogP contribution in [0.25, 0.3) is 16.2 Å². The van der Waals surface area contributed by atoms with Gasteiger partial charge in [-0.05, 0) is 36.4 Å². The number of fused-ring (bicyclic) bond motifs is 1. The predicted molar refractivity (Wildman–Crippen MR) is 97.6 cm³/mol. The van der Waals surface area contributed by atoms with Gasteiger partial charge in [0, 0.05) is 26.6 Å². The average molecular weight is 375 g/mol. The molecule has 0 spiro atoms. The Morgan fingerprint density at radius 3 is 2.56 bits per heavy atom. The topological polar surface area (TPSA) is 43.4 Å². The first-order valence-corrected chi connectivity index (χ1v) is 8.54. The number of ketones is 1. The third-order valence-electron chi connectivity index (χ3n) is 3.44. The van der Waals surface area contributed by atoms with Crippen molar-refractivity contribution in [3.63, 3.8) is 0 Å². The maximum Gasteiger partial charge on any atom is 0.331 e. The first-order valence-electron chi connectivity index (χ1n) is 7.35. The molecule has 3 aromatic rings. The van der Waals surface area contributed by atoms with Gasteiger partial charge >= 0.3 is 5.97 Å². The minimum absolute atomic E-state index is 0.283. The van der Waals surface area contributed by atoms with Crippen LogP contribution in [0.4, 0.5) is 4.39 Å². The van der Waals surface area contributed by atoms with Crippen molar-refractivity contribution in [1.29, 1.82) is 0 Å². The lowest BCUT2D eigenvalue weighted by molar-refractivity contribution is -0.136. The summed E-state index contributed by atoms with van der Waals surface area (Å²) >= 11 is 7.74. The van der Waals surface area contributed by atoms with Gasteiger partial charge in [0.2, 0.25) is 0 Å². The highest BCUT2D eigenvalue weighted by molar-refractivity contribution is 7.20. The Bertz CT molecular complexity index is 960. The van der Waals surface area contributed by atoms with Crippen LogP contribution < -0.4 is 0 Å². The number of rotatable bonds is 5. The molecule has 0 fully saturated rings. The second-order valence-corrected chi connectivity index (χ2v) is 6.61. The second-order valence-electron chi connectivity index (χ2n) is 5.15. The molecule has 0 aliphatic rings. The number of carbonyl (C=O) groups excluding carboxylic acids is 2. The predicted octanol–water partition coefficient (Wildman–Crippen LogP) is 5.13. The van der Waals surface area contributed by atoms with E-state index in [2.05, 4.69) is 0 Å². The summed E-state index contributed by atoms with van der Waals surface area (Å²) in [5.41, 5.74) is 0.283. The fraction of sp³-hybridized carbons (Fsp3) is 0.0526. The Morgan fingerprint density at radius 2 is 1.84 bits per heavy atom. The molecule has 25 heavy (non-hydrogen) atoms. The van der Waals surface area contributed by atoms with Crippen molar-refractivity contribution >= 4 is 50.9 Å². The molecule has 0 N–H and O–H groups in total. The van der Waals surface area contributed by atoms with Crippen molar-refractivity contribution in [1.82, 2.24) is 0 Å². The van der Waals surface area contributed by atoms with Gasteiger partial charge in [0.15, 0.2) is 12.4 Å². The fourth-order valence-electron chi connectivity index (χ4n) is 2.19. The third-order valence-corrected chi connectivity index (χ3v) is 5.10. The van der Waals surface area contributed by atoms with Crippen LogP contribution >= 0.6 is 22.9 Å². The molecule has 1 heterocycles. The summed E-state index contributed by atoms with van der Waals surface area (Å²) in [6, 6.07) is 12.7. The first-order chi connectivity index (χ1) is 12.0. The van der Waals surface area contributed by atoms with E-state index in [4.69, 9.17) is 16.3 Å². The van der Waals surface area contributed by atoms with Crippen LogP contribution in [0.5, 0.6) is 0 Å². The smallest absolute Gasteiger partial charge is 0.331 e. The number of carbonyl (C=O) groups is 2. The Balaban J connectivity index is 1.61. The van der Waals surface area contributed by atoms with Crippen LogP contribution in [0.2, 0.25) is 5.02 Å². The van der Waals surface area contributed by atoms with E-state index in [1.54, 1.807) is 6.08 Å². The average Bonchev–Trinajstić information content (AvgIpc) is 2.95. The zero-order valence-corrected chi connectivity index (χ0v) is 14.4. The summed E-state index contributed by atoms with van der Waals surface area (Å²) in [5.74, 6) is -1.48. The van der Waals surface area contributed by atoms with E-state index in [1.165, 1.54) is 41.7 Å². The standard InChI is InChI=1S/C19H12ClFO3S/c20-19-14-3-1-2-4-16(14)25-17(19)9-10-18(23)24-11-15(22)12-5-7-13(21)8-6-12/h1-10H,11H2/b10-9+. The van der Waals surface area contributed by atoms with Gasteiger partial charge in [0.25, 0.3) is 0 Å². The molecule has 0 saturated heterocycles. The van der Waals surface area contributed by atoms with Gasteiger partial charge in [-0.15, -0.1) is 11.3 Å². The highest BCUT2D eigenvalue weighted by atomic mass is 35.5. The molecule has 0 radical (unpaired) electrons.